The standard InChI is InChI=1S/C29H22FIN2O3S/c1-2-36-23-14-16(13-22(31)27(23)34)15-24-28(35)33-26(18-7-10-19(30)11-8-18)21-12-9-17-5-3-4-6-20(17)25(21)32-29(33)37-24/h3-8,10-11,13-15,26,34H,2,9,12H2,1H3. The molecular weight excluding hydrogens is 602 g/mol. The normalized spacial score (nSPS) is 16.6. The number of hydrogen-bond donors (Lipinski definition) is 1. The number of benzene rings is 3. The van der Waals surface area contributed by atoms with Crippen LogP contribution in [-0.4, -0.2) is 16.3 Å². The lowest BCUT2D eigenvalue weighted by atomic mass is 9.83. The Morgan fingerprint density at radius 2 is 1.97 bits per heavy atom. The van der Waals surface area contributed by atoms with Gasteiger partial charge in [-0.2, -0.15) is 0 Å². The van der Waals surface area contributed by atoms with E-state index >= 15 is 0 Å². The minimum atomic E-state index is -0.360. The van der Waals surface area contributed by atoms with Gasteiger partial charge in [-0.05, 0) is 95.0 Å². The zero-order chi connectivity index (χ0) is 25.7. The molecule has 186 valence electrons. The Bertz CT molecular complexity index is 1760. The van der Waals surface area contributed by atoms with Crippen molar-refractivity contribution in [3.63, 3.8) is 0 Å². The molecule has 0 amide bonds. The van der Waals surface area contributed by atoms with Gasteiger partial charge in [0.15, 0.2) is 16.3 Å². The van der Waals surface area contributed by atoms with Crippen LogP contribution in [-0.2, 0) is 6.42 Å². The van der Waals surface area contributed by atoms with E-state index < -0.39 is 0 Å². The fourth-order valence-electron chi connectivity index (χ4n) is 5.06. The molecule has 1 N–H and O–H groups in total. The average Bonchev–Trinajstić information content (AvgIpc) is 3.20. The van der Waals surface area contributed by atoms with E-state index in [4.69, 9.17) is 9.73 Å². The lowest BCUT2D eigenvalue weighted by molar-refractivity contribution is 0.317. The quantitative estimate of drug-likeness (QED) is 0.319. The van der Waals surface area contributed by atoms with Crippen molar-refractivity contribution in [2.75, 3.05) is 6.61 Å². The van der Waals surface area contributed by atoms with Crippen LogP contribution in [0.1, 0.15) is 41.6 Å². The first-order valence-corrected chi connectivity index (χ1v) is 13.9. The highest BCUT2D eigenvalue weighted by atomic mass is 127. The first-order chi connectivity index (χ1) is 17.9. The third-order valence-electron chi connectivity index (χ3n) is 6.71. The topological polar surface area (TPSA) is 63.8 Å². The molecule has 37 heavy (non-hydrogen) atoms. The maximum Gasteiger partial charge on any atom is 0.271 e. The molecule has 0 bridgehead atoms. The largest absolute Gasteiger partial charge is 0.504 e. The molecule has 6 rings (SSSR count). The van der Waals surface area contributed by atoms with E-state index in [1.165, 1.54) is 29.0 Å². The van der Waals surface area contributed by atoms with Crippen molar-refractivity contribution in [2.45, 2.75) is 25.8 Å². The van der Waals surface area contributed by atoms with Gasteiger partial charge in [0.25, 0.3) is 5.56 Å². The molecule has 3 aromatic carbocycles. The lowest BCUT2D eigenvalue weighted by Crippen LogP contribution is -2.38. The zero-order valence-corrected chi connectivity index (χ0v) is 22.8. The maximum absolute atomic E-state index is 13.9. The van der Waals surface area contributed by atoms with Gasteiger partial charge in [0.2, 0.25) is 0 Å². The number of allylic oxidation sites excluding steroid dienone is 1. The van der Waals surface area contributed by atoms with Gasteiger partial charge in [0.05, 0.1) is 26.4 Å². The van der Waals surface area contributed by atoms with Crippen molar-refractivity contribution in [3.8, 4) is 11.5 Å². The summed E-state index contributed by atoms with van der Waals surface area (Å²) in [6.07, 6.45) is 3.45. The highest BCUT2D eigenvalue weighted by Crippen LogP contribution is 2.41. The number of halogens is 2. The van der Waals surface area contributed by atoms with Crippen LogP contribution in [0.4, 0.5) is 4.39 Å². The van der Waals surface area contributed by atoms with Crippen LogP contribution in [0.2, 0.25) is 0 Å². The van der Waals surface area contributed by atoms with Crippen LogP contribution >= 0.6 is 33.9 Å². The average molecular weight is 624 g/mol. The first-order valence-electron chi connectivity index (χ1n) is 12.0. The second-order valence-corrected chi connectivity index (χ2v) is 11.1. The number of phenolic OH excluding ortho intramolecular Hbond substituents is 1. The van der Waals surface area contributed by atoms with E-state index in [0.29, 0.717) is 25.3 Å². The van der Waals surface area contributed by atoms with Crippen molar-refractivity contribution < 1.29 is 14.2 Å². The second-order valence-electron chi connectivity index (χ2n) is 8.95. The fourth-order valence-corrected chi connectivity index (χ4v) is 6.69. The molecule has 1 aromatic heterocycles. The Kier molecular flexibility index (Phi) is 6.24. The van der Waals surface area contributed by atoms with Crippen molar-refractivity contribution >= 4 is 45.7 Å². The summed E-state index contributed by atoms with van der Waals surface area (Å²) in [6, 6.07) is 17.8. The predicted molar refractivity (Wildman–Crippen MR) is 151 cm³/mol. The van der Waals surface area contributed by atoms with Crippen LogP contribution in [0.25, 0.3) is 11.8 Å². The van der Waals surface area contributed by atoms with Crippen LogP contribution < -0.4 is 19.6 Å². The minimum absolute atomic E-state index is 0.0868. The summed E-state index contributed by atoms with van der Waals surface area (Å²) < 4.78 is 22.3. The fraction of sp³-hybridized carbons (Fsp3) is 0.172. The number of fused-ring (bicyclic) bond motifs is 3. The number of hydrogen-bond acceptors (Lipinski definition) is 5. The zero-order valence-electron chi connectivity index (χ0n) is 19.9. The number of aromatic hydroxyl groups is 1. The smallest absolute Gasteiger partial charge is 0.271 e. The van der Waals surface area contributed by atoms with Gasteiger partial charge in [-0.15, -0.1) is 0 Å². The van der Waals surface area contributed by atoms with Gasteiger partial charge in [-0.3, -0.25) is 9.36 Å². The third-order valence-corrected chi connectivity index (χ3v) is 8.51. The molecule has 1 aliphatic heterocycles. The molecule has 0 fully saturated rings. The highest BCUT2D eigenvalue weighted by Gasteiger charge is 2.32. The minimum Gasteiger partial charge on any atom is -0.504 e. The van der Waals surface area contributed by atoms with Crippen LogP contribution in [0.5, 0.6) is 11.5 Å². The number of aryl methyl sites for hydroxylation is 1. The summed E-state index contributed by atoms with van der Waals surface area (Å²) in [5.41, 5.74) is 5.76. The summed E-state index contributed by atoms with van der Waals surface area (Å²) in [4.78, 5) is 19.5. The van der Waals surface area contributed by atoms with Gasteiger partial charge >= 0.3 is 0 Å². The summed E-state index contributed by atoms with van der Waals surface area (Å²) in [6.45, 7) is 2.27. The van der Waals surface area contributed by atoms with Crippen molar-refractivity contribution in [1.82, 2.24) is 4.57 Å². The number of phenols is 1. The molecule has 0 spiro atoms. The number of thiazole rings is 1. The van der Waals surface area contributed by atoms with E-state index in [2.05, 4.69) is 34.7 Å². The van der Waals surface area contributed by atoms with E-state index in [1.807, 2.05) is 31.2 Å². The summed E-state index contributed by atoms with van der Waals surface area (Å²) in [5.74, 6) is 0.153. The van der Waals surface area contributed by atoms with Gasteiger partial charge in [0.1, 0.15) is 5.82 Å². The number of nitrogens with zero attached hydrogens (tertiary/aromatic N) is 2. The Hall–Kier alpha value is -3.24. The van der Waals surface area contributed by atoms with Gasteiger partial charge in [-0.1, -0.05) is 47.7 Å². The Morgan fingerprint density at radius 1 is 1.19 bits per heavy atom. The van der Waals surface area contributed by atoms with E-state index in [0.717, 1.165) is 40.8 Å². The molecule has 2 heterocycles. The number of ether oxygens (including phenoxy) is 1. The van der Waals surface area contributed by atoms with Crippen LogP contribution in [0, 0.1) is 9.39 Å². The molecule has 1 atom stereocenters. The lowest BCUT2D eigenvalue weighted by Gasteiger charge is -2.30. The second kappa shape index (κ2) is 9.57. The Balaban J connectivity index is 1.59. The molecule has 5 nitrogen and oxygen atoms in total. The van der Waals surface area contributed by atoms with E-state index in [1.54, 1.807) is 22.8 Å². The van der Waals surface area contributed by atoms with Crippen molar-refractivity contribution in [2.24, 2.45) is 4.99 Å². The van der Waals surface area contributed by atoms with Crippen LogP contribution in [0.3, 0.4) is 0 Å². The number of rotatable bonds is 4. The Morgan fingerprint density at radius 3 is 2.76 bits per heavy atom. The summed E-state index contributed by atoms with van der Waals surface area (Å²) >= 11 is 3.39. The van der Waals surface area contributed by atoms with Gasteiger partial charge in [0, 0.05) is 5.56 Å². The molecule has 1 aliphatic carbocycles. The van der Waals surface area contributed by atoms with Crippen LogP contribution in [0.15, 0.2) is 76.0 Å². The molecule has 2 aliphatic rings. The first kappa shape index (κ1) is 24.1. The maximum atomic E-state index is 13.9. The SMILES string of the molecule is CCOc1cc(C=c2sc3n(c2=O)C(c2ccc(F)cc2)C2=C(N=3)c3ccccc3CC2)cc(I)c1O. The third kappa shape index (κ3) is 4.21. The molecule has 0 radical (unpaired) electrons. The monoisotopic (exact) mass is 624 g/mol. The van der Waals surface area contributed by atoms with Crippen molar-refractivity contribution in [1.29, 1.82) is 0 Å². The highest BCUT2D eigenvalue weighted by molar-refractivity contribution is 14.1. The summed E-state index contributed by atoms with van der Waals surface area (Å²) in [7, 11) is 0. The molecular formula is C29H22FIN2O3S. The van der Waals surface area contributed by atoms with E-state index in [9.17, 15) is 14.3 Å². The molecule has 1 unspecified atom stereocenters. The molecule has 8 heteroatoms. The predicted octanol–water partition coefficient (Wildman–Crippen LogP) is 5.17. The Labute approximate surface area is 230 Å². The van der Waals surface area contributed by atoms with Crippen molar-refractivity contribution in [3.05, 3.63) is 118 Å². The summed E-state index contributed by atoms with van der Waals surface area (Å²) in [5, 5.41) is 10.3. The number of aromatic nitrogens is 1. The van der Waals surface area contributed by atoms with Gasteiger partial charge < -0.3 is 9.84 Å². The molecule has 4 aromatic rings. The molecule has 0 saturated heterocycles. The molecule has 0 saturated carbocycles. The van der Waals surface area contributed by atoms with E-state index in [-0.39, 0.29) is 23.2 Å². The van der Waals surface area contributed by atoms with Gasteiger partial charge in [-0.25, -0.2) is 9.38 Å².